The van der Waals surface area contributed by atoms with Gasteiger partial charge in [0.2, 0.25) is 0 Å². The van der Waals surface area contributed by atoms with Crippen molar-refractivity contribution in [3.05, 3.63) is 48.6 Å². The van der Waals surface area contributed by atoms with E-state index in [0.717, 1.165) is 25.7 Å². The minimum absolute atomic E-state index is 0.0679. The third-order valence-corrected chi connectivity index (χ3v) is 3.46. The number of aliphatic carboxylic acids is 1. The van der Waals surface area contributed by atoms with Gasteiger partial charge in [-0.2, -0.15) is 0 Å². The summed E-state index contributed by atoms with van der Waals surface area (Å²) >= 11 is 0. The van der Waals surface area contributed by atoms with Crippen LogP contribution in [0.4, 0.5) is 0 Å². The number of unbranched alkanes of at least 4 members (excludes halogenated alkanes) is 3. The molecule has 0 saturated heterocycles. The van der Waals surface area contributed by atoms with Crippen LogP contribution in [0.15, 0.2) is 48.6 Å². The van der Waals surface area contributed by atoms with Crippen LogP contribution in [0.1, 0.15) is 51.4 Å². The lowest BCUT2D eigenvalue weighted by Crippen LogP contribution is -2.03. The van der Waals surface area contributed by atoms with Gasteiger partial charge in [-0.1, -0.05) is 55.0 Å². The van der Waals surface area contributed by atoms with E-state index in [1.165, 1.54) is 0 Å². The van der Waals surface area contributed by atoms with E-state index in [-0.39, 0.29) is 13.0 Å². The van der Waals surface area contributed by atoms with Gasteiger partial charge in [0.25, 0.3) is 0 Å². The zero-order chi connectivity index (χ0) is 18.8. The molecule has 0 bridgehead atoms. The summed E-state index contributed by atoms with van der Waals surface area (Å²) in [4.78, 5) is 10.4. The second-order valence-electron chi connectivity index (χ2n) is 5.86. The minimum atomic E-state index is -0.851. The van der Waals surface area contributed by atoms with Crippen molar-refractivity contribution < 1.29 is 25.2 Å². The number of hydrogen-bond acceptors (Lipinski definition) is 4. The van der Waals surface area contributed by atoms with Gasteiger partial charge in [0.15, 0.2) is 0 Å². The van der Waals surface area contributed by atoms with Crippen molar-refractivity contribution in [1.82, 2.24) is 0 Å². The van der Waals surface area contributed by atoms with Crippen LogP contribution in [0.3, 0.4) is 0 Å². The standard InChI is InChI=1S/C20H32O5/c21-17-10-6-2-1-3-7-12-18(22)13-8-4-5-9-14-19(23)15-11-16-20(24)25/h3-5,7-9,13-14,18-19,21-23H,1-2,6,10-12,15-17H2,(H,24,25)/b5-4+,7-3+,13-8+,14-9+/t18-,19-/m1/s1. The molecule has 0 heterocycles. The molecule has 4 N–H and O–H groups in total. The topological polar surface area (TPSA) is 98.0 Å². The fraction of sp³-hybridized carbons (Fsp3) is 0.550. The molecule has 0 fully saturated rings. The van der Waals surface area contributed by atoms with Crippen molar-refractivity contribution in [3.8, 4) is 0 Å². The summed E-state index contributed by atoms with van der Waals surface area (Å²) in [6.45, 7) is 0.250. The van der Waals surface area contributed by atoms with Gasteiger partial charge in [0, 0.05) is 13.0 Å². The van der Waals surface area contributed by atoms with Crippen LogP contribution in [0.25, 0.3) is 0 Å². The first-order valence-corrected chi connectivity index (χ1v) is 8.91. The normalized spacial score (nSPS) is 15.0. The zero-order valence-electron chi connectivity index (χ0n) is 14.8. The second kappa shape index (κ2) is 17.1. The Kier molecular flexibility index (Phi) is 16.0. The van der Waals surface area contributed by atoms with E-state index >= 15 is 0 Å². The fourth-order valence-corrected chi connectivity index (χ4v) is 2.05. The fourth-order valence-electron chi connectivity index (χ4n) is 2.05. The molecular weight excluding hydrogens is 320 g/mol. The van der Waals surface area contributed by atoms with E-state index in [1.54, 1.807) is 36.5 Å². The van der Waals surface area contributed by atoms with Crippen LogP contribution in [0.5, 0.6) is 0 Å². The lowest BCUT2D eigenvalue weighted by Gasteiger charge is -2.02. The summed E-state index contributed by atoms with van der Waals surface area (Å²) in [7, 11) is 0. The highest BCUT2D eigenvalue weighted by atomic mass is 16.4. The molecule has 0 aromatic carbocycles. The molecule has 0 saturated carbocycles. The lowest BCUT2D eigenvalue weighted by atomic mass is 10.1. The van der Waals surface area contributed by atoms with E-state index in [9.17, 15) is 15.0 Å². The molecule has 0 radical (unpaired) electrons. The molecule has 142 valence electrons. The Morgan fingerprint density at radius 1 is 0.840 bits per heavy atom. The molecule has 5 heteroatoms. The molecule has 0 rings (SSSR count). The van der Waals surface area contributed by atoms with E-state index in [4.69, 9.17) is 10.2 Å². The molecule has 0 aliphatic carbocycles. The van der Waals surface area contributed by atoms with Crippen molar-refractivity contribution in [1.29, 1.82) is 0 Å². The van der Waals surface area contributed by atoms with Gasteiger partial charge in [0.05, 0.1) is 12.2 Å². The first kappa shape index (κ1) is 23.3. The van der Waals surface area contributed by atoms with Crippen molar-refractivity contribution in [2.45, 2.75) is 63.6 Å². The number of rotatable bonds is 15. The van der Waals surface area contributed by atoms with E-state index in [2.05, 4.69) is 6.08 Å². The molecule has 0 amide bonds. The largest absolute Gasteiger partial charge is 0.481 e. The Balaban J connectivity index is 3.79. The molecule has 0 unspecified atom stereocenters. The highest BCUT2D eigenvalue weighted by Gasteiger charge is 2.01. The summed E-state index contributed by atoms with van der Waals surface area (Å²) in [6, 6.07) is 0. The number of aliphatic hydroxyl groups excluding tert-OH is 3. The number of carboxylic acid groups (broad SMARTS) is 1. The van der Waals surface area contributed by atoms with Gasteiger partial charge in [-0.05, 0) is 38.5 Å². The maximum atomic E-state index is 10.4. The maximum Gasteiger partial charge on any atom is 0.303 e. The van der Waals surface area contributed by atoms with Crippen molar-refractivity contribution in [2.75, 3.05) is 6.61 Å². The van der Waals surface area contributed by atoms with Gasteiger partial charge in [-0.25, -0.2) is 0 Å². The molecule has 0 aliphatic heterocycles. The van der Waals surface area contributed by atoms with Crippen molar-refractivity contribution >= 4 is 5.97 Å². The zero-order valence-corrected chi connectivity index (χ0v) is 14.8. The Bertz CT molecular complexity index is 437. The summed E-state index contributed by atoms with van der Waals surface area (Å²) in [5.74, 6) is -0.851. The first-order chi connectivity index (χ1) is 12.1. The molecular formula is C20H32O5. The predicted octanol–water partition coefficient (Wildman–Crippen LogP) is 3.13. The molecule has 5 nitrogen and oxygen atoms in total. The van der Waals surface area contributed by atoms with Crippen LogP contribution in [0, 0.1) is 0 Å². The molecule has 2 atom stereocenters. The van der Waals surface area contributed by atoms with Gasteiger partial charge >= 0.3 is 5.97 Å². The number of hydrogen-bond donors (Lipinski definition) is 4. The molecule has 0 aromatic rings. The number of allylic oxidation sites excluding steroid dienone is 5. The third kappa shape index (κ3) is 18.5. The number of carbonyl (C=O) groups is 1. The van der Waals surface area contributed by atoms with E-state index in [0.29, 0.717) is 19.3 Å². The van der Waals surface area contributed by atoms with Crippen LogP contribution in [0.2, 0.25) is 0 Å². The van der Waals surface area contributed by atoms with Crippen molar-refractivity contribution in [3.63, 3.8) is 0 Å². The quantitative estimate of drug-likeness (QED) is 0.206. The molecule has 0 aromatic heterocycles. The van der Waals surface area contributed by atoms with Crippen LogP contribution >= 0.6 is 0 Å². The minimum Gasteiger partial charge on any atom is -0.481 e. The second-order valence-corrected chi connectivity index (χ2v) is 5.86. The summed E-state index contributed by atoms with van der Waals surface area (Å²) < 4.78 is 0. The van der Waals surface area contributed by atoms with Crippen LogP contribution in [-0.2, 0) is 4.79 Å². The highest BCUT2D eigenvalue weighted by Crippen LogP contribution is 2.03. The Morgan fingerprint density at radius 2 is 1.52 bits per heavy atom. The SMILES string of the molecule is O=C(O)CCC[C@H](O)/C=C/C=C/C=C/[C@H](O)C/C=C/CCCCCO. The molecule has 0 spiro atoms. The number of aliphatic hydroxyl groups is 3. The van der Waals surface area contributed by atoms with Gasteiger partial charge in [-0.3, -0.25) is 4.79 Å². The van der Waals surface area contributed by atoms with E-state index in [1.807, 2.05) is 6.08 Å². The molecule has 25 heavy (non-hydrogen) atoms. The van der Waals surface area contributed by atoms with Crippen molar-refractivity contribution in [2.24, 2.45) is 0 Å². The monoisotopic (exact) mass is 352 g/mol. The smallest absolute Gasteiger partial charge is 0.303 e. The Morgan fingerprint density at radius 3 is 2.16 bits per heavy atom. The summed E-state index contributed by atoms with van der Waals surface area (Å²) in [5, 5.41) is 36.5. The lowest BCUT2D eigenvalue weighted by molar-refractivity contribution is -0.137. The van der Waals surface area contributed by atoms with Gasteiger partial charge in [0.1, 0.15) is 0 Å². The third-order valence-electron chi connectivity index (χ3n) is 3.46. The van der Waals surface area contributed by atoms with Gasteiger partial charge < -0.3 is 20.4 Å². The summed E-state index contributed by atoms with van der Waals surface area (Å²) in [6.07, 6.45) is 18.5. The maximum absolute atomic E-state index is 10.4. The predicted molar refractivity (Wildman–Crippen MR) is 100 cm³/mol. The Hall–Kier alpha value is -1.69. The van der Waals surface area contributed by atoms with Crippen LogP contribution < -0.4 is 0 Å². The van der Waals surface area contributed by atoms with E-state index < -0.39 is 18.2 Å². The first-order valence-electron chi connectivity index (χ1n) is 8.91. The van der Waals surface area contributed by atoms with Gasteiger partial charge in [-0.15, -0.1) is 0 Å². The molecule has 0 aliphatic rings. The number of carboxylic acids is 1. The Labute approximate surface area is 150 Å². The summed E-state index contributed by atoms with van der Waals surface area (Å²) in [5.41, 5.74) is 0. The average molecular weight is 352 g/mol. The average Bonchev–Trinajstić information content (AvgIpc) is 2.56. The van der Waals surface area contributed by atoms with Crippen LogP contribution in [-0.4, -0.2) is 45.2 Å². The highest BCUT2D eigenvalue weighted by molar-refractivity contribution is 5.66.